The highest BCUT2D eigenvalue weighted by Gasteiger charge is 2.09. The van der Waals surface area contributed by atoms with Gasteiger partial charge in [0.1, 0.15) is 0 Å². The lowest BCUT2D eigenvalue weighted by Gasteiger charge is -2.18. The Labute approximate surface area is 117 Å². The highest BCUT2D eigenvalue weighted by Crippen LogP contribution is 2.11. The van der Waals surface area contributed by atoms with Crippen molar-refractivity contribution in [3.63, 3.8) is 0 Å². The SMILES string of the molecule is COCCCn1cc(C)nc1NC(C)CCN(C)C. The van der Waals surface area contributed by atoms with Gasteiger partial charge >= 0.3 is 0 Å². The molecule has 0 fully saturated rings. The summed E-state index contributed by atoms with van der Waals surface area (Å²) < 4.78 is 7.28. The average molecular weight is 268 g/mol. The van der Waals surface area contributed by atoms with Crippen molar-refractivity contribution in [1.82, 2.24) is 14.5 Å². The average Bonchev–Trinajstić information content (AvgIpc) is 2.67. The van der Waals surface area contributed by atoms with Gasteiger partial charge in [0.2, 0.25) is 5.95 Å². The fourth-order valence-corrected chi connectivity index (χ4v) is 1.96. The van der Waals surface area contributed by atoms with Crippen LogP contribution in [0, 0.1) is 6.92 Å². The van der Waals surface area contributed by atoms with Gasteiger partial charge in [-0.3, -0.25) is 0 Å². The predicted molar refractivity (Wildman–Crippen MR) is 79.7 cm³/mol. The Kier molecular flexibility index (Phi) is 6.87. The van der Waals surface area contributed by atoms with Crippen LogP contribution in [-0.4, -0.2) is 54.8 Å². The van der Waals surface area contributed by atoms with E-state index in [4.69, 9.17) is 4.74 Å². The third-order valence-corrected chi connectivity index (χ3v) is 3.03. The molecule has 1 aromatic heterocycles. The van der Waals surface area contributed by atoms with Crippen molar-refractivity contribution in [1.29, 1.82) is 0 Å². The Bertz CT molecular complexity index is 362. The molecule has 0 aromatic carbocycles. The highest BCUT2D eigenvalue weighted by atomic mass is 16.5. The first-order valence-corrected chi connectivity index (χ1v) is 6.97. The standard InChI is InChI=1S/C14H28N4O/c1-12(7-9-17(3)4)15-14-16-13(2)11-18(14)8-6-10-19-5/h11-12H,6-10H2,1-5H3,(H,15,16). The Morgan fingerprint density at radius 2 is 2.21 bits per heavy atom. The van der Waals surface area contributed by atoms with Gasteiger partial charge < -0.3 is 19.5 Å². The topological polar surface area (TPSA) is 42.3 Å². The maximum Gasteiger partial charge on any atom is 0.203 e. The summed E-state index contributed by atoms with van der Waals surface area (Å²) in [5.41, 5.74) is 1.06. The number of nitrogens with zero attached hydrogens (tertiary/aromatic N) is 3. The Morgan fingerprint density at radius 1 is 1.47 bits per heavy atom. The van der Waals surface area contributed by atoms with Gasteiger partial charge in [-0.25, -0.2) is 4.98 Å². The molecule has 110 valence electrons. The number of imidazole rings is 1. The third kappa shape index (κ3) is 6.07. The molecule has 1 atom stereocenters. The van der Waals surface area contributed by atoms with Gasteiger partial charge in [0.05, 0.1) is 5.69 Å². The maximum atomic E-state index is 5.10. The highest BCUT2D eigenvalue weighted by molar-refractivity contribution is 5.29. The van der Waals surface area contributed by atoms with E-state index < -0.39 is 0 Å². The van der Waals surface area contributed by atoms with Crippen LogP contribution in [0.15, 0.2) is 6.20 Å². The molecule has 5 heteroatoms. The van der Waals surface area contributed by atoms with E-state index in [1.54, 1.807) is 7.11 Å². The molecule has 1 N–H and O–H groups in total. The monoisotopic (exact) mass is 268 g/mol. The van der Waals surface area contributed by atoms with Crippen molar-refractivity contribution in [3.05, 3.63) is 11.9 Å². The largest absolute Gasteiger partial charge is 0.385 e. The minimum atomic E-state index is 0.422. The number of anilines is 1. The molecule has 19 heavy (non-hydrogen) atoms. The summed E-state index contributed by atoms with van der Waals surface area (Å²) in [5.74, 6) is 0.972. The number of aromatic nitrogens is 2. The van der Waals surface area contributed by atoms with Crippen LogP contribution in [0.5, 0.6) is 0 Å². The van der Waals surface area contributed by atoms with E-state index in [9.17, 15) is 0 Å². The Morgan fingerprint density at radius 3 is 2.84 bits per heavy atom. The van der Waals surface area contributed by atoms with Gasteiger partial charge in [0, 0.05) is 32.5 Å². The van der Waals surface area contributed by atoms with Crippen molar-refractivity contribution in [2.24, 2.45) is 0 Å². The van der Waals surface area contributed by atoms with Gasteiger partial charge in [0.25, 0.3) is 0 Å². The van der Waals surface area contributed by atoms with E-state index in [0.717, 1.165) is 44.2 Å². The number of nitrogens with one attached hydrogen (secondary N) is 1. The third-order valence-electron chi connectivity index (χ3n) is 3.03. The van der Waals surface area contributed by atoms with Gasteiger partial charge in [-0.2, -0.15) is 0 Å². The summed E-state index contributed by atoms with van der Waals surface area (Å²) in [5, 5.41) is 3.50. The molecular weight excluding hydrogens is 240 g/mol. The number of ether oxygens (including phenoxy) is 1. The number of hydrogen-bond acceptors (Lipinski definition) is 4. The van der Waals surface area contributed by atoms with Crippen LogP contribution < -0.4 is 5.32 Å². The van der Waals surface area contributed by atoms with Crippen LogP contribution in [0.2, 0.25) is 0 Å². The molecule has 0 amide bonds. The molecular formula is C14H28N4O. The molecule has 0 aliphatic rings. The maximum absolute atomic E-state index is 5.10. The van der Waals surface area contributed by atoms with Crippen molar-refractivity contribution < 1.29 is 4.74 Å². The fourth-order valence-electron chi connectivity index (χ4n) is 1.96. The smallest absolute Gasteiger partial charge is 0.203 e. The van der Waals surface area contributed by atoms with Gasteiger partial charge in [-0.05, 0) is 47.3 Å². The van der Waals surface area contributed by atoms with Crippen molar-refractivity contribution in [2.75, 3.05) is 39.7 Å². The van der Waals surface area contributed by atoms with Crippen LogP contribution in [-0.2, 0) is 11.3 Å². The van der Waals surface area contributed by atoms with Crippen molar-refractivity contribution >= 4 is 5.95 Å². The second kappa shape index (κ2) is 8.17. The number of aryl methyl sites for hydroxylation is 2. The minimum absolute atomic E-state index is 0.422. The quantitative estimate of drug-likeness (QED) is 0.695. The van der Waals surface area contributed by atoms with Crippen LogP contribution in [0.4, 0.5) is 5.95 Å². The molecule has 1 aromatic rings. The van der Waals surface area contributed by atoms with Crippen molar-refractivity contribution in [2.45, 2.75) is 39.3 Å². The Balaban J connectivity index is 2.51. The first-order valence-electron chi connectivity index (χ1n) is 6.97. The molecule has 0 bridgehead atoms. The van der Waals surface area contributed by atoms with Crippen LogP contribution in [0.25, 0.3) is 0 Å². The van der Waals surface area contributed by atoms with Gasteiger partial charge in [-0.1, -0.05) is 0 Å². The summed E-state index contributed by atoms with van der Waals surface area (Å²) in [6.07, 6.45) is 4.21. The summed E-state index contributed by atoms with van der Waals surface area (Å²) in [6.45, 7) is 7.04. The van der Waals surface area contributed by atoms with E-state index in [1.807, 2.05) is 6.92 Å². The molecule has 0 aliphatic carbocycles. The normalized spacial score (nSPS) is 12.9. The van der Waals surface area contributed by atoms with E-state index >= 15 is 0 Å². The zero-order chi connectivity index (χ0) is 14.3. The first-order chi connectivity index (χ1) is 9.02. The lowest BCUT2D eigenvalue weighted by Crippen LogP contribution is -2.24. The lowest BCUT2D eigenvalue weighted by atomic mass is 10.2. The van der Waals surface area contributed by atoms with Crippen LogP contribution in [0.3, 0.4) is 0 Å². The summed E-state index contributed by atoms with van der Waals surface area (Å²) in [4.78, 5) is 6.76. The molecule has 0 aliphatic heterocycles. The Hall–Kier alpha value is -1.07. The fraction of sp³-hybridized carbons (Fsp3) is 0.786. The van der Waals surface area contributed by atoms with Crippen LogP contribution >= 0.6 is 0 Å². The summed E-state index contributed by atoms with van der Waals surface area (Å²) in [7, 11) is 5.94. The summed E-state index contributed by atoms with van der Waals surface area (Å²) in [6, 6.07) is 0.422. The lowest BCUT2D eigenvalue weighted by molar-refractivity contribution is 0.190. The van der Waals surface area contributed by atoms with Gasteiger partial charge in [-0.15, -0.1) is 0 Å². The number of rotatable bonds is 9. The van der Waals surface area contributed by atoms with Crippen molar-refractivity contribution in [3.8, 4) is 0 Å². The first kappa shape index (κ1) is 16.0. The number of hydrogen-bond donors (Lipinski definition) is 1. The molecule has 0 saturated heterocycles. The molecule has 0 spiro atoms. The molecule has 1 heterocycles. The minimum Gasteiger partial charge on any atom is -0.385 e. The molecule has 0 saturated carbocycles. The van der Waals surface area contributed by atoms with Gasteiger partial charge in [0.15, 0.2) is 0 Å². The summed E-state index contributed by atoms with van der Waals surface area (Å²) >= 11 is 0. The van der Waals surface area contributed by atoms with E-state index in [0.29, 0.717) is 6.04 Å². The second-order valence-electron chi connectivity index (χ2n) is 5.38. The molecule has 1 rings (SSSR count). The zero-order valence-electron chi connectivity index (χ0n) is 12.9. The molecule has 5 nitrogen and oxygen atoms in total. The number of methoxy groups -OCH3 is 1. The van der Waals surface area contributed by atoms with Crippen LogP contribution in [0.1, 0.15) is 25.5 Å². The molecule has 0 radical (unpaired) electrons. The van der Waals surface area contributed by atoms with E-state index in [2.05, 4.69) is 47.0 Å². The second-order valence-corrected chi connectivity index (χ2v) is 5.38. The predicted octanol–water partition coefficient (Wildman–Crippen LogP) is 1.98. The zero-order valence-corrected chi connectivity index (χ0v) is 12.9. The van der Waals surface area contributed by atoms with E-state index in [-0.39, 0.29) is 0 Å². The van der Waals surface area contributed by atoms with E-state index in [1.165, 1.54) is 0 Å². The molecule has 1 unspecified atom stereocenters.